The van der Waals surface area contributed by atoms with Gasteiger partial charge in [0.1, 0.15) is 0 Å². The third-order valence-corrected chi connectivity index (χ3v) is 4.11. The summed E-state index contributed by atoms with van der Waals surface area (Å²) in [5, 5.41) is 6.96. The van der Waals surface area contributed by atoms with E-state index in [0.717, 1.165) is 23.1 Å². The molecular formula is C18H33ClIN5O2. The normalized spacial score (nSPS) is 12.4. The summed E-state index contributed by atoms with van der Waals surface area (Å²) in [5.74, 6) is 1.20. The van der Waals surface area contributed by atoms with Crippen LogP contribution >= 0.6 is 35.6 Å². The molecule has 0 aliphatic carbocycles. The van der Waals surface area contributed by atoms with Crippen molar-refractivity contribution in [3.8, 4) is 0 Å². The molecule has 0 aromatic carbocycles. The van der Waals surface area contributed by atoms with Crippen LogP contribution in [0, 0.1) is 5.92 Å². The number of aromatic nitrogens is 1. The number of alkyl carbamates (subject to hydrolysis) is 1. The number of ether oxygens (including phenoxy) is 1. The summed E-state index contributed by atoms with van der Waals surface area (Å²) in [7, 11) is 5.67. The number of halogens is 2. The number of rotatable bonds is 8. The third kappa shape index (κ3) is 9.55. The zero-order valence-corrected chi connectivity index (χ0v) is 20.2. The van der Waals surface area contributed by atoms with Gasteiger partial charge in [0.05, 0.1) is 18.2 Å². The van der Waals surface area contributed by atoms with Gasteiger partial charge >= 0.3 is 6.09 Å². The Labute approximate surface area is 184 Å². The van der Waals surface area contributed by atoms with Crippen LogP contribution in [0.4, 0.5) is 4.79 Å². The molecule has 1 atom stereocenters. The molecule has 0 aliphatic rings. The van der Waals surface area contributed by atoms with Crippen LogP contribution in [-0.4, -0.2) is 54.8 Å². The van der Waals surface area contributed by atoms with E-state index >= 15 is 0 Å². The van der Waals surface area contributed by atoms with Gasteiger partial charge in [0.15, 0.2) is 5.96 Å². The molecule has 1 amide bonds. The van der Waals surface area contributed by atoms with Gasteiger partial charge in [-0.3, -0.25) is 4.99 Å². The second-order valence-corrected chi connectivity index (χ2v) is 7.17. The summed E-state index contributed by atoms with van der Waals surface area (Å²) in [4.78, 5) is 18.1. The first-order valence-corrected chi connectivity index (χ1v) is 9.30. The van der Waals surface area contributed by atoms with Crippen molar-refractivity contribution < 1.29 is 9.53 Å². The molecule has 7 nitrogen and oxygen atoms in total. The number of carbonyl (C=O) groups excluding carboxylic acids is 1. The zero-order chi connectivity index (χ0) is 19.7. The Balaban J connectivity index is 0.00000676. The molecule has 0 radical (unpaired) electrons. The minimum absolute atomic E-state index is 0. The molecular weight excluding hydrogens is 481 g/mol. The van der Waals surface area contributed by atoms with E-state index in [1.165, 1.54) is 0 Å². The third-order valence-electron chi connectivity index (χ3n) is 3.91. The molecule has 0 aliphatic heterocycles. The Kier molecular flexibility index (Phi) is 12.5. The van der Waals surface area contributed by atoms with E-state index in [2.05, 4.69) is 29.5 Å². The summed E-state index contributed by atoms with van der Waals surface area (Å²) >= 11 is 6.05. The predicted octanol–water partition coefficient (Wildman–Crippen LogP) is 3.46. The molecule has 0 fully saturated rings. The highest BCUT2D eigenvalue weighted by Crippen LogP contribution is 2.14. The average molecular weight is 514 g/mol. The largest absolute Gasteiger partial charge is 0.450 e. The number of aliphatic imine (C=N–C) groups is 1. The number of carbonyl (C=O) groups is 1. The van der Waals surface area contributed by atoms with Crippen molar-refractivity contribution in [2.24, 2.45) is 18.0 Å². The van der Waals surface area contributed by atoms with Gasteiger partial charge in [-0.2, -0.15) is 0 Å². The van der Waals surface area contributed by atoms with Gasteiger partial charge in [0, 0.05) is 45.6 Å². The number of hydrogen-bond donors (Lipinski definition) is 2. The van der Waals surface area contributed by atoms with Crippen LogP contribution in [-0.2, 0) is 18.3 Å². The van der Waals surface area contributed by atoms with Crippen molar-refractivity contribution in [3.63, 3.8) is 0 Å². The molecule has 2 N–H and O–H groups in total. The van der Waals surface area contributed by atoms with Crippen LogP contribution in [0.3, 0.4) is 0 Å². The fourth-order valence-electron chi connectivity index (χ4n) is 2.74. The molecule has 0 bridgehead atoms. The van der Waals surface area contributed by atoms with Gasteiger partial charge in [0.25, 0.3) is 0 Å². The van der Waals surface area contributed by atoms with Gasteiger partial charge in [-0.15, -0.1) is 24.0 Å². The van der Waals surface area contributed by atoms with E-state index in [1.807, 2.05) is 35.8 Å². The Hall–Kier alpha value is -1.16. The number of nitrogens with one attached hydrogen (secondary N) is 2. The molecule has 0 saturated carbocycles. The SMILES string of the molecule is CCOC(=O)NC(CNC(=NC)N(C)Cc1cc(Cl)cn1C)CC(C)C.I. The minimum atomic E-state index is -0.387. The number of aryl methyl sites for hydroxylation is 1. The van der Waals surface area contributed by atoms with E-state index in [4.69, 9.17) is 16.3 Å². The van der Waals surface area contributed by atoms with Crippen molar-refractivity contribution in [2.45, 2.75) is 39.8 Å². The molecule has 27 heavy (non-hydrogen) atoms. The Morgan fingerprint density at radius 3 is 2.59 bits per heavy atom. The molecule has 156 valence electrons. The Morgan fingerprint density at radius 1 is 1.44 bits per heavy atom. The van der Waals surface area contributed by atoms with Crippen LogP contribution in [0.1, 0.15) is 32.9 Å². The fraction of sp³-hybridized carbons (Fsp3) is 0.667. The smallest absolute Gasteiger partial charge is 0.407 e. The van der Waals surface area contributed by atoms with Crippen molar-refractivity contribution >= 4 is 47.6 Å². The topological polar surface area (TPSA) is 70.9 Å². The Bertz CT molecular complexity index is 607. The summed E-state index contributed by atoms with van der Waals surface area (Å²) < 4.78 is 6.99. The lowest BCUT2D eigenvalue weighted by Gasteiger charge is -2.26. The second-order valence-electron chi connectivity index (χ2n) is 6.74. The fourth-order valence-corrected chi connectivity index (χ4v) is 3.01. The molecule has 0 spiro atoms. The minimum Gasteiger partial charge on any atom is -0.450 e. The van der Waals surface area contributed by atoms with Gasteiger partial charge < -0.3 is 24.8 Å². The van der Waals surface area contributed by atoms with E-state index in [1.54, 1.807) is 14.0 Å². The number of nitrogens with zero attached hydrogens (tertiary/aromatic N) is 3. The lowest BCUT2D eigenvalue weighted by Crippen LogP contribution is -2.48. The highest BCUT2D eigenvalue weighted by Gasteiger charge is 2.17. The monoisotopic (exact) mass is 513 g/mol. The first kappa shape index (κ1) is 25.8. The van der Waals surface area contributed by atoms with Crippen LogP contribution in [0.25, 0.3) is 0 Å². The van der Waals surface area contributed by atoms with Crippen molar-refractivity contribution in [3.05, 3.63) is 23.0 Å². The average Bonchev–Trinajstić information content (AvgIpc) is 2.84. The van der Waals surface area contributed by atoms with E-state index in [9.17, 15) is 4.79 Å². The molecule has 0 saturated heterocycles. The van der Waals surface area contributed by atoms with E-state index in [0.29, 0.717) is 25.6 Å². The van der Waals surface area contributed by atoms with Crippen molar-refractivity contribution in [2.75, 3.05) is 27.2 Å². The standard InChI is InChI=1S/C18H32ClN5O2.HI/c1-7-26-18(25)22-15(8-13(2)3)10-21-17(20-4)24(6)12-16-9-14(19)11-23(16)5;/h9,11,13,15H,7-8,10,12H2,1-6H3,(H,20,21)(H,22,25);1H. The molecule has 1 heterocycles. The summed E-state index contributed by atoms with van der Waals surface area (Å²) in [6, 6.07) is 1.90. The lowest BCUT2D eigenvalue weighted by atomic mass is 10.0. The lowest BCUT2D eigenvalue weighted by molar-refractivity contribution is 0.146. The molecule has 1 aromatic heterocycles. The molecule has 9 heteroatoms. The maximum absolute atomic E-state index is 11.7. The molecule has 1 unspecified atom stereocenters. The van der Waals surface area contributed by atoms with Gasteiger partial charge in [-0.25, -0.2) is 4.79 Å². The first-order chi connectivity index (χ1) is 12.3. The highest BCUT2D eigenvalue weighted by molar-refractivity contribution is 14.0. The zero-order valence-electron chi connectivity index (χ0n) is 17.1. The summed E-state index contributed by atoms with van der Waals surface area (Å²) in [6.07, 6.45) is 2.34. The molecule has 1 rings (SSSR count). The van der Waals surface area contributed by atoms with Gasteiger partial charge in [-0.05, 0) is 25.3 Å². The van der Waals surface area contributed by atoms with Gasteiger partial charge in [-0.1, -0.05) is 25.4 Å². The number of amides is 1. The quantitative estimate of drug-likeness (QED) is 0.317. The summed E-state index contributed by atoms with van der Waals surface area (Å²) in [5.41, 5.74) is 1.09. The van der Waals surface area contributed by atoms with E-state index in [-0.39, 0.29) is 36.1 Å². The maximum Gasteiger partial charge on any atom is 0.407 e. The van der Waals surface area contributed by atoms with Crippen LogP contribution in [0.2, 0.25) is 5.02 Å². The van der Waals surface area contributed by atoms with Crippen LogP contribution in [0.15, 0.2) is 17.3 Å². The van der Waals surface area contributed by atoms with Crippen molar-refractivity contribution in [1.29, 1.82) is 0 Å². The number of hydrogen-bond acceptors (Lipinski definition) is 3. The summed E-state index contributed by atoms with van der Waals surface area (Å²) in [6.45, 7) is 7.64. The van der Waals surface area contributed by atoms with Crippen molar-refractivity contribution in [1.82, 2.24) is 20.1 Å². The highest BCUT2D eigenvalue weighted by atomic mass is 127. The molecule has 1 aromatic rings. The van der Waals surface area contributed by atoms with Crippen LogP contribution in [0.5, 0.6) is 0 Å². The number of guanidine groups is 1. The maximum atomic E-state index is 11.7. The Morgan fingerprint density at radius 2 is 2.11 bits per heavy atom. The predicted molar refractivity (Wildman–Crippen MR) is 122 cm³/mol. The van der Waals surface area contributed by atoms with E-state index < -0.39 is 0 Å². The first-order valence-electron chi connectivity index (χ1n) is 8.92. The van der Waals surface area contributed by atoms with Gasteiger partial charge in [0.2, 0.25) is 0 Å². The van der Waals surface area contributed by atoms with Crippen LogP contribution < -0.4 is 10.6 Å². The second kappa shape index (κ2) is 13.1.